The maximum absolute atomic E-state index is 11.7. The van der Waals surface area contributed by atoms with Crippen LogP contribution in [0.1, 0.15) is 15.2 Å². The summed E-state index contributed by atoms with van der Waals surface area (Å²) in [6.45, 7) is 0.699. The van der Waals surface area contributed by atoms with Gasteiger partial charge in [-0.15, -0.1) is 11.3 Å². The van der Waals surface area contributed by atoms with Gasteiger partial charge in [-0.05, 0) is 36.8 Å². The van der Waals surface area contributed by atoms with Crippen LogP contribution < -0.4 is 11.1 Å². The molecule has 3 N–H and O–H groups in total. The van der Waals surface area contributed by atoms with Crippen molar-refractivity contribution in [2.24, 2.45) is 0 Å². The lowest BCUT2D eigenvalue weighted by Crippen LogP contribution is -2.11. The Hall–Kier alpha value is -1.72. The van der Waals surface area contributed by atoms with Crippen LogP contribution in [0.4, 0.5) is 11.4 Å². The number of nitrogen functional groups attached to an aromatic ring is 1. The molecule has 0 spiro atoms. The number of carbonyl (C=O) groups excluding carboxylic acids is 1. The van der Waals surface area contributed by atoms with Crippen LogP contribution >= 0.6 is 22.9 Å². The number of ether oxygens (including phenoxy) is 1. The van der Waals surface area contributed by atoms with E-state index in [1.807, 2.05) is 12.1 Å². The lowest BCUT2D eigenvalue weighted by Gasteiger charge is -2.11. The van der Waals surface area contributed by atoms with Gasteiger partial charge in [0.1, 0.15) is 0 Å². The van der Waals surface area contributed by atoms with E-state index in [2.05, 4.69) is 5.32 Å². The number of halogens is 1. The average molecular weight is 311 g/mol. The van der Waals surface area contributed by atoms with E-state index >= 15 is 0 Å². The van der Waals surface area contributed by atoms with E-state index in [9.17, 15) is 4.79 Å². The number of carbonyl (C=O) groups is 1. The highest BCUT2D eigenvalue weighted by atomic mass is 35.5. The number of thiophene rings is 1. The summed E-state index contributed by atoms with van der Waals surface area (Å²) in [7, 11) is 1.35. The van der Waals surface area contributed by atoms with Crippen molar-refractivity contribution in [1.82, 2.24) is 0 Å². The highest BCUT2D eigenvalue weighted by molar-refractivity contribution is 7.16. The van der Waals surface area contributed by atoms with Crippen molar-refractivity contribution in [2.45, 2.75) is 6.42 Å². The Labute approximate surface area is 126 Å². The van der Waals surface area contributed by atoms with Crippen LogP contribution in [-0.4, -0.2) is 19.6 Å². The maximum Gasteiger partial charge on any atom is 0.340 e. The Balaban J connectivity index is 2.03. The summed E-state index contributed by atoms with van der Waals surface area (Å²) >= 11 is 7.44. The Bertz CT molecular complexity index is 613. The van der Waals surface area contributed by atoms with E-state index in [0.29, 0.717) is 23.5 Å². The molecule has 0 aliphatic rings. The predicted molar refractivity (Wildman–Crippen MR) is 83.7 cm³/mol. The van der Waals surface area contributed by atoms with Gasteiger partial charge in [-0.2, -0.15) is 0 Å². The lowest BCUT2D eigenvalue weighted by molar-refractivity contribution is 0.0602. The largest absolute Gasteiger partial charge is 0.465 e. The summed E-state index contributed by atoms with van der Waals surface area (Å²) in [5, 5.41) is 3.22. The van der Waals surface area contributed by atoms with Crippen molar-refractivity contribution in [3.63, 3.8) is 0 Å². The molecule has 0 aliphatic carbocycles. The monoisotopic (exact) mass is 310 g/mol. The second-order valence-electron chi connectivity index (χ2n) is 4.18. The number of methoxy groups -OCH3 is 1. The molecular weight excluding hydrogens is 296 g/mol. The van der Waals surface area contributed by atoms with E-state index in [0.717, 1.165) is 10.8 Å². The van der Waals surface area contributed by atoms with Crippen LogP contribution in [0.3, 0.4) is 0 Å². The molecule has 1 heterocycles. The Morgan fingerprint density at radius 1 is 1.40 bits per heavy atom. The van der Waals surface area contributed by atoms with Gasteiger partial charge in [0.2, 0.25) is 0 Å². The topological polar surface area (TPSA) is 64.3 Å². The van der Waals surface area contributed by atoms with Crippen LogP contribution in [0.5, 0.6) is 0 Å². The van der Waals surface area contributed by atoms with Gasteiger partial charge in [-0.1, -0.05) is 11.6 Å². The molecule has 2 rings (SSSR count). The number of nitrogens with one attached hydrogen (secondary N) is 1. The van der Waals surface area contributed by atoms with Crippen molar-refractivity contribution in [2.75, 3.05) is 24.7 Å². The van der Waals surface area contributed by atoms with Gasteiger partial charge in [0.25, 0.3) is 0 Å². The Morgan fingerprint density at radius 2 is 2.20 bits per heavy atom. The average Bonchev–Trinajstić information content (AvgIpc) is 2.85. The van der Waals surface area contributed by atoms with Crippen LogP contribution in [0, 0.1) is 0 Å². The zero-order chi connectivity index (χ0) is 14.5. The van der Waals surface area contributed by atoms with Gasteiger partial charge in [0, 0.05) is 22.8 Å². The van der Waals surface area contributed by atoms with E-state index in [1.165, 1.54) is 12.0 Å². The molecule has 0 aliphatic heterocycles. The van der Waals surface area contributed by atoms with Crippen molar-refractivity contribution in [1.29, 1.82) is 0 Å². The number of esters is 1. The number of rotatable bonds is 5. The molecule has 2 aromatic rings. The maximum atomic E-state index is 11.7. The number of nitrogens with two attached hydrogens (primary N) is 1. The van der Waals surface area contributed by atoms with Gasteiger partial charge in [-0.25, -0.2) is 4.79 Å². The first kappa shape index (κ1) is 14.7. The first-order valence-corrected chi connectivity index (χ1v) is 7.25. The molecule has 0 atom stereocenters. The molecule has 1 aromatic heterocycles. The number of anilines is 2. The van der Waals surface area contributed by atoms with E-state index in [-0.39, 0.29) is 0 Å². The summed E-state index contributed by atoms with van der Waals surface area (Å²) in [6, 6.07) is 9.01. The van der Waals surface area contributed by atoms with Crippen molar-refractivity contribution < 1.29 is 9.53 Å². The standard InChI is InChI=1S/C14H15ClN2O2S/c1-19-14(18)11-8-9(16)2-4-12(11)17-7-6-10-3-5-13(15)20-10/h2-5,8,17H,6-7,16H2,1H3. The zero-order valence-electron chi connectivity index (χ0n) is 11.0. The fourth-order valence-electron chi connectivity index (χ4n) is 1.80. The molecule has 6 heteroatoms. The third-order valence-electron chi connectivity index (χ3n) is 2.76. The molecule has 0 unspecified atom stereocenters. The predicted octanol–water partition coefficient (Wildman–Crippen LogP) is 3.42. The van der Waals surface area contributed by atoms with Crippen molar-refractivity contribution in [3.05, 3.63) is 45.1 Å². The van der Waals surface area contributed by atoms with Crippen molar-refractivity contribution in [3.8, 4) is 0 Å². The minimum atomic E-state index is -0.404. The third-order valence-corrected chi connectivity index (χ3v) is 4.06. The van der Waals surface area contributed by atoms with Gasteiger partial charge < -0.3 is 15.8 Å². The Morgan fingerprint density at radius 3 is 2.85 bits per heavy atom. The van der Waals surface area contributed by atoms with Crippen LogP contribution in [0.25, 0.3) is 0 Å². The fraction of sp³-hybridized carbons (Fsp3) is 0.214. The molecule has 20 heavy (non-hydrogen) atoms. The molecule has 106 valence electrons. The molecule has 0 radical (unpaired) electrons. The first-order valence-electron chi connectivity index (χ1n) is 6.06. The molecule has 1 aromatic carbocycles. The number of hydrogen-bond acceptors (Lipinski definition) is 5. The second-order valence-corrected chi connectivity index (χ2v) is 5.98. The summed E-state index contributed by atoms with van der Waals surface area (Å²) in [5.74, 6) is -0.404. The van der Waals surface area contributed by atoms with Crippen LogP contribution in [0.2, 0.25) is 4.34 Å². The summed E-state index contributed by atoms with van der Waals surface area (Å²) in [4.78, 5) is 12.9. The van der Waals surface area contributed by atoms with Crippen molar-refractivity contribution >= 4 is 40.3 Å². The van der Waals surface area contributed by atoms with E-state index in [1.54, 1.807) is 29.5 Å². The molecule has 0 bridgehead atoms. The van der Waals surface area contributed by atoms with Crippen LogP contribution in [-0.2, 0) is 11.2 Å². The summed E-state index contributed by atoms with van der Waals surface area (Å²) in [6.07, 6.45) is 0.836. The van der Waals surface area contributed by atoms with Gasteiger partial charge in [0.05, 0.1) is 17.0 Å². The smallest absolute Gasteiger partial charge is 0.340 e. The molecule has 0 fully saturated rings. The summed E-state index contributed by atoms with van der Waals surface area (Å²) in [5.41, 5.74) is 7.38. The van der Waals surface area contributed by atoms with Gasteiger partial charge >= 0.3 is 5.97 Å². The minimum absolute atomic E-state index is 0.404. The van der Waals surface area contributed by atoms with Gasteiger partial charge in [-0.3, -0.25) is 0 Å². The van der Waals surface area contributed by atoms with E-state index in [4.69, 9.17) is 22.1 Å². The number of hydrogen-bond donors (Lipinski definition) is 2. The molecule has 4 nitrogen and oxygen atoms in total. The third kappa shape index (κ3) is 3.65. The zero-order valence-corrected chi connectivity index (χ0v) is 12.6. The highest BCUT2D eigenvalue weighted by Crippen LogP contribution is 2.23. The first-order chi connectivity index (χ1) is 9.60. The fourth-order valence-corrected chi connectivity index (χ4v) is 2.89. The minimum Gasteiger partial charge on any atom is -0.465 e. The molecular formula is C14H15ClN2O2S. The quantitative estimate of drug-likeness (QED) is 0.656. The summed E-state index contributed by atoms with van der Waals surface area (Å²) < 4.78 is 5.53. The number of benzene rings is 1. The Kier molecular flexibility index (Phi) is 4.87. The normalized spacial score (nSPS) is 10.3. The highest BCUT2D eigenvalue weighted by Gasteiger charge is 2.12. The molecule has 0 saturated carbocycles. The van der Waals surface area contributed by atoms with E-state index < -0.39 is 5.97 Å². The molecule has 0 amide bonds. The second kappa shape index (κ2) is 6.63. The lowest BCUT2D eigenvalue weighted by atomic mass is 10.1. The van der Waals surface area contributed by atoms with Crippen LogP contribution in [0.15, 0.2) is 30.3 Å². The van der Waals surface area contributed by atoms with Gasteiger partial charge in [0.15, 0.2) is 0 Å². The SMILES string of the molecule is COC(=O)c1cc(N)ccc1NCCc1ccc(Cl)s1. The molecule has 0 saturated heterocycles.